The summed E-state index contributed by atoms with van der Waals surface area (Å²) in [7, 11) is 0. The molecule has 0 spiro atoms. The van der Waals surface area contributed by atoms with Gasteiger partial charge in [0.15, 0.2) is 0 Å². The van der Waals surface area contributed by atoms with E-state index in [0.29, 0.717) is 6.42 Å². The lowest BCUT2D eigenvalue weighted by Crippen LogP contribution is -2.31. The van der Waals surface area contributed by atoms with Crippen molar-refractivity contribution in [3.8, 4) is 0 Å². The summed E-state index contributed by atoms with van der Waals surface area (Å²) < 4.78 is 33.4. The number of nitrogens with one attached hydrogen (secondary N) is 1. The van der Waals surface area contributed by atoms with Gasteiger partial charge in [-0.25, -0.2) is 5.32 Å². The molecule has 0 atom stereocenters. The molecular formula is C4H9ClF3N. The highest BCUT2D eigenvalue weighted by Gasteiger charge is 2.24. The van der Waals surface area contributed by atoms with Crippen LogP contribution in [0.1, 0.15) is 13.3 Å². The second-order valence-electron chi connectivity index (χ2n) is 1.42. The van der Waals surface area contributed by atoms with Gasteiger partial charge in [-0.1, -0.05) is 6.92 Å². The minimum absolute atomic E-state index is 0. The Hall–Kier alpha value is 0.0400. The molecular weight excluding hydrogens is 154 g/mol. The van der Waals surface area contributed by atoms with Gasteiger partial charge in [-0.3, -0.25) is 0 Å². The van der Waals surface area contributed by atoms with Gasteiger partial charge in [0.05, 0.1) is 0 Å². The number of halogens is 4. The van der Waals surface area contributed by atoms with E-state index >= 15 is 0 Å². The van der Waals surface area contributed by atoms with Crippen LogP contribution in [0, 0.1) is 0 Å². The van der Waals surface area contributed by atoms with E-state index in [2.05, 4.69) is 0 Å². The topological polar surface area (TPSA) is 12.0 Å². The molecule has 0 aliphatic rings. The lowest BCUT2D eigenvalue weighted by atomic mass is 10.5. The average molecular weight is 164 g/mol. The lowest BCUT2D eigenvalue weighted by Gasteiger charge is -2.04. The number of hydrogen-bond acceptors (Lipinski definition) is 1. The summed E-state index contributed by atoms with van der Waals surface area (Å²) in [5.74, 6) is 0. The second kappa shape index (κ2) is 4.88. The predicted molar refractivity (Wildman–Crippen MR) is 31.6 cm³/mol. The molecule has 1 nitrogen and oxygen atoms in total. The Morgan fingerprint density at radius 1 is 1.33 bits per heavy atom. The minimum atomic E-state index is -4.20. The quantitative estimate of drug-likeness (QED) is 0.614. The molecule has 58 valence electrons. The Morgan fingerprint density at radius 2 is 1.78 bits per heavy atom. The summed E-state index contributed by atoms with van der Waals surface area (Å²) in [6.07, 6.45) is -3.70. The van der Waals surface area contributed by atoms with E-state index in [1.54, 1.807) is 6.92 Å². The third-order valence-corrected chi connectivity index (χ3v) is 0.575. The lowest BCUT2D eigenvalue weighted by molar-refractivity contribution is -0.156. The Bertz CT molecular complexity index is 63.3. The number of hydrogen-bond donors (Lipinski definition) is 1. The third kappa shape index (κ3) is 11.5. The summed E-state index contributed by atoms with van der Waals surface area (Å²) in [6, 6.07) is 0. The van der Waals surface area contributed by atoms with Crippen LogP contribution >= 0.6 is 12.4 Å². The van der Waals surface area contributed by atoms with Crippen molar-refractivity contribution in [1.29, 1.82) is 0 Å². The van der Waals surface area contributed by atoms with E-state index in [-0.39, 0.29) is 19.0 Å². The molecule has 5 heteroatoms. The minimum Gasteiger partial charge on any atom is -0.228 e. The maximum absolute atomic E-state index is 11.1. The molecule has 0 fully saturated rings. The van der Waals surface area contributed by atoms with Gasteiger partial charge in [-0.05, 0) is 6.42 Å². The number of rotatable bonds is 2. The van der Waals surface area contributed by atoms with Crippen LogP contribution in [0.15, 0.2) is 0 Å². The summed E-state index contributed by atoms with van der Waals surface area (Å²) >= 11 is 0. The summed E-state index contributed by atoms with van der Waals surface area (Å²) in [4.78, 5) is 0. The first-order valence-corrected chi connectivity index (χ1v) is 2.38. The fourth-order valence-corrected chi connectivity index (χ4v) is 0.267. The van der Waals surface area contributed by atoms with Crippen molar-refractivity contribution >= 4 is 12.4 Å². The molecule has 0 amide bonds. The Morgan fingerprint density at radius 3 is 1.89 bits per heavy atom. The van der Waals surface area contributed by atoms with E-state index < -0.39 is 6.30 Å². The Labute approximate surface area is 58.0 Å². The van der Waals surface area contributed by atoms with Crippen LogP contribution in [-0.4, -0.2) is 12.8 Å². The zero-order chi connectivity index (χ0) is 6.62. The standard InChI is InChI=1S/C4H8F3N.ClH/c1-2-3-8-4(5,6)7;/h8H,2-3H2,1H3;1H. The predicted octanol–water partition coefficient (Wildman–Crippen LogP) is 1.93. The van der Waals surface area contributed by atoms with E-state index in [9.17, 15) is 13.2 Å². The van der Waals surface area contributed by atoms with Crippen molar-refractivity contribution in [1.82, 2.24) is 5.32 Å². The molecule has 0 heterocycles. The van der Waals surface area contributed by atoms with Crippen molar-refractivity contribution in [3.05, 3.63) is 0 Å². The van der Waals surface area contributed by atoms with Gasteiger partial charge in [0, 0.05) is 6.54 Å². The second-order valence-corrected chi connectivity index (χ2v) is 1.42. The highest BCUT2D eigenvalue weighted by Crippen LogP contribution is 2.08. The molecule has 0 saturated carbocycles. The molecule has 0 radical (unpaired) electrons. The van der Waals surface area contributed by atoms with Crippen LogP contribution in [-0.2, 0) is 0 Å². The monoisotopic (exact) mass is 163 g/mol. The van der Waals surface area contributed by atoms with Crippen LogP contribution < -0.4 is 5.32 Å². The van der Waals surface area contributed by atoms with Crippen molar-refractivity contribution in [2.75, 3.05) is 6.54 Å². The summed E-state index contributed by atoms with van der Waals surface area (Å²) in [5.41, 5.74) is 0. The highest BCUT2D eigenvalue weighted by atomic mass is 35.5. The van der Waals surface area contributed by atoms with Crippen molar-refractivity contribution in [2.45, 2.75) is 19.6 Å². The van der Waals surface area contributed by atoms with Gasteiger partial charge < -0.3 is 0 Å². The molecule has 0 rings (SSSR count). The van der Waals surface area contributed by atoms with E-state index in [4.69, 9.17) is 0 Å². The molecule has 0 aromatic carbocycles. The normalized spacial score (nSPS) is 10.7. The summed E-state index contributed by atoms with van der Waals surface area (Å²) in [5, 5.41) is 1.37. The van der Waals surface area contributed by atoms with Crippen molar-refractivity contribution < 1.29 is 13.2 Å². The van der Waals surface area contributed by atoms with Crippen LogP contribution in [0.4, 0.5) is 13.2 Å². The van der Waals surface area contributed by atoms with Gasteiger partial charge in [0.2, 0.25) is 0 Å². The van der Waals surface area contributed by atoms with E-state index in [1.807, 2.05) is 0 Å². The van der Waals surface area contributed by atoms with Gasteiger partial charge in [0.1, 0.15) is 0 Å². The fraction of sp³-hybridized carbons (Fsp3) is 1.00. The maximum Gasteiger partial charge on any atom is 0.457 e. The third-order valence-electron chi connectivity index (χ3n) is 0.575. The molecule has 0 unspecified atom stereocenters. The van der Waals surface area contributed by atoms with Gasteiger partial charge in [-0.2, -0.15) is 13.2 Å². The van der Waals surface area contributed by atoms with Crippen LogP contribution in [0.2, 0.25) is 0 Å². The first kappa shape index (κ1) is 11.8. The van der Waals surface area contributed by atoms with Gasteiger partial charge in [0.25, 0.3) is 0 Å². The number of alkyl halides is 3. The SMILES string of the molecule is CCCNC(F)(F)F.Cl. The zero-order valence-electron chi connectivity index (χ0n) is 4.96. The molecule has 0 aliphatic carbocycles. The van der Waals surface area contributed by atoms with Crippen LogP contribution in [0.3, 0.4) is 0 Å². The molecule has 1 N–H and O–H groups in total. The van der Waals surface area contributed by atoms with E-state index in [1.165, 1.54) is 5.32 Å². The molecule has 0 bridgehead atoms. The Balaban J connectivity index is 0. The first-order valence-electron chi connectivity index (χ1n) is 2.38. The molecule has 0 saturated heterocycles. The van der Waals surface area contributed by atoms with Crippen LogP contribution in [0.5, 0.6) is 0 Å². The molecule has 0 aromatic heterocycles. The van der Waals surface area contributed by atoms with E-state index in [0.717, 1.165) is 0 Å². The fourth-order valence-electron chi connectivity index (χ4n) is 0.267. The average Bonchev–Trinajstić information content (AvgIpc) is 1.59. The van der Waals surface area contributed by atoms with Crippen molar-refractivity contribution in [2.24, 2.45) is 0 Å². The summed E-state index contributed by atoms with van der Waals surface area (Å²) in [6.45, 7) is 1.68. The molecule has 9 heavy (non-hydrogen) atoms. The van der Waals surface area contributed by atoms with Gasteiger partial charge in [-0.15, -0.1) is 12.4 Å². The van der Waals surface area contributed by atoms with Crippen molar-refractivity contribution in [3.63, 3.8) is 0 Å². The zero-order valence-corrected chi connectivity index (χ0v) is 5.77. The first-order chi connectivity index (χ1) is 3.56. The maximum atomic E-state index is 11.1. The highest BCUT2D eigenvalue weighted by molar-refractivity contribution is 5.85. The van der Waals surface area contributed by atoms with Gasteiger partial charge >= 0.3 is 6.30 Å². The van der Waals surface area contributed by atoms with Crippen LogP contribution in [0.25, 0.3) is 0 Å². The smallest absolute Gasteiger partial charge is 0.228 e. The molecule has 0 aromatic rings. The largest absolute Gasteiger partial charge is 0.457 e. The molecule has 0 aliphatic heterocycles. The Kier molecular flexibility index (Phi) is 6.39.